The molecule has 0 bridgehead atoms. The van der Waals surface area contributed by atoms with Gasteiger partial charge in [0, 0.05) is 17.4 Å². The van der Waals surface area contributed by atoms with Gasteiger partial charge in [0.2, 0.25) is 12.7 Å². The van der Waals surface area contributed by atoms with E-state index in [4.69, 9.17) is 9.47 Å². The Kier molecular flexibility index (Phi) is 4.80. The zero-order chi connectivity index (χ0) is 19.5. The van der Waals surface area contributed by atoms with Crippen LogP contribution in [0.1, 0.15) is 34.7 Å². The van der Waals surface area contributed by atoms with Gasteiger partial charge >= 0.3 is 0 Å². The summed E-state index contributed by atoms with van der Waals surface area (Å²) in [5.41, 5.74) is 2.71. The molecule has 1 aromatic heterocycles. The van der Waals surface area contributed by atoms with E-state index >= 15 is 0 Å². The number of nitrogens with one attached hydrogen (secondary N) is 2. The predicted octanol–water partition coefficient (Wildman–Crippen LogP) is 3.94. The number of nitrogens with zero attached hydrogens (tertiary/aromatic N) is 2. The van der Waals surface area contributed by atoms with Crippen LogP contribution < -0.4 is 20.1 Å². The van der Waals surface area contributed by atoms with Gasteiger partial charge in [-0.1, -0.05) is 30.3 Å². The van der Waals surface area contributed by atoms with Crippen molar-refractivity contribution in [1.82, 2.24) is 9.97 Å². The first-order valence-electron chi connectivity index (χ1n) is 8.96. The molecule has 0 spiro atoms. The lowest BCUT2D eigenvalue weighted by molar-refractivity contribution is 0.102. The Morgan fingerprint density at radius 1 is 1.04 bits per heavy atom. The quantitative estimate of drug-likeness (QED) is 0.702. The fourth-order valence-corrected chi connectivity index (χ4v) is 2.94. The van der Waals surface area contributed by atoms with Crippen LogP contribution in [-0.4, -0.2) is 22.7 Å². The van der Waals surface area contributed by atoms with Crippen LogP contribution in [-0.2, 0) is 0 Å². The van der Waals surface area contributed by atoms with E-state index in [1.165, 1.54) is 0 Å². The van der Waals surface area contributed by atoms with Gasteiger partial charge in [-0.25, -0.2) is 9.97 Å². The minimum absolute atomic E-state index is 0.00720. The van der Waals surface area contributed by atoms with Crippen molar-refractivity contribution in [2.45, 2.75) is 19.9 Å². The van der Waals surface area contributed by atoms with Crippen LogP contribution in [0.5, 0.6) is 11.5 Å². The molecule has 7 nitrogen and oxygen atoms in total. The lowest BCUT2D eigenvalue weighted by atomic mass is 10.1. The molecule has 7 heteroatoms. The summed E-state index contributed by atoms with van der Waals surface area (Å²) in [6.45, 7) is 4.04. The highest BCUT2D eigenvalue weighted by molar-refractivity contribution is 6.03. The molecule has 0 saturated heterocycles. The van der Waals surface area contributed by atoms with Gasteiger partial charge in [0.15, 0.2) is 11.5 Å². The summed E-state index contributed by atoms with van der Waals surface area (Å²) in [6, 6.07) is 16.9. The van der Waals surface area contributed by atoms with Crippen LogP contribution in [0.4, 0.5) is 11.6 Å². The van der Waals surface area contributed by atoms with Gasteiger partial charge in [-0.2, -0.15) is 0 Å². The van der Waals surface area contributed by atoms with Gasteiger partial charge in [-0.05, 0) is 37.6 Å². The third-order valence-electron chi connectivity index (χ3n) is 4.36. The number of ether oxygens (including phenoxy) is 2. The summed E-state index contributed by atoms with van der Waals surface area (Å²) in [6.07, 6.45) is 0. The minimum atomic E-state index is -0.320. The number of hydrogen-bond acceptors (Lipinski definition) is 6. The number of anilines is 2. The predicted molar refractivity (Wildman–Crippen MR) is 106 cm³/mol. The molecule has 1 aliphatic heterocycles. The highest BCUT2D eigenvalue weighted by Gasteiger charge is 2.16. The van der Waals surface area contributed by atoms with E-state index in [9.17, 15) is 4.79 Å². The topological polar surface area (TPSA) is 85.4 Å². The average Bonchev–Trinajstić information content (AvgIpc) is 3.16. The van der Waals surface area contributed by atoms with Crippen LogP contribution >= 0.6 is 0 Å². The summed E-state index contributed by atoms with van der Waals surface area (Å²) >= 11 is 0. The van der Waals surface area contributed by atoms with Crippen LogP contribution in [0.15, 0.2) is 54.6 Å². The van der Waals surface area contributed by atoms with E-state index in [0.717, 1.165) is 5.56 Å². The molecule has 1 aliphatic rings. The third-order valence-corrected chi connectivity index (χ3v) is 4.36. The van der Waals surface area contributed by atoms with Gasteiger partial charge in [0.25, 0.3) is 5.91 Å². The number of fused-ring (bicyclic) bond motifs is 1. The van der Waals surface area contributed by atoms with Crippen molar-refractivity contribution in [2.24, 2.45) is 0 Å². The summed E-state index contributed by atoms with van der Waals surface area (Å²) < 4.78 is 10.6. The molecule has 1 unspecified atom stereocenters. The summed E-state index contributed by atoms with van der Waals surface area (Å²) in [5.74, 6) is 1.36. The number of carbonyl (C=O) groups is 1. The van der Waals surface area contributed by atoms with Gasteiger partial charge in [-0.15, -0.1) is 0 Å². The SMILES string of the molecule is Cc1cc(C(=O)Nc2ccc3c(c2)OCO3)nc(NC(C)c2ccccc2)n1. The number of amides is 1. The molecule has 0 saturated carbocycles. The van der Waals surface area contributed by atoms with E-state index in [0.29, 0.717) is 28.8 Å². The Labute approximate surface area is 162 Å². The van der Waals surface area contributed by atoms with E-state index in [2.05, 4.69) is 20.6 Å². The van der Waals surface area contributed by atoms with Crippen LogP contribution in [0.3, 0.4) is 0 Å². The zero-order valence-corrected chi connectivity index (χ0v) is 15.6. The highest BCUT2D eigenvalue weighted by atomic mass is 16.7. The first kappa shape index (κ1) is 17.8. The maximum atomic E-state index is 12.7. The van der Waals surface area contributed by atoms with Crippen molar-refractivity contribution in [3.63, 3.8) is 0 Å². The summed E-state index contributed by atoms with van der Waals surface area (Å²) in [5, 5.41) is 6.09. The van der Waals surface area contributed by atoms with Crippen LogP contribution in [0.2, 0.25) is 0 Å². The second-order valence-electron chi connectivity index (χ2n) is 6.52. The number of aryl methyl sites for hydroxylation is 1. The van der Waals surface area contributed by atoms with Crippen LogP contribution in [0.25, 0.3) is 0 Å². The maximum absolute atomic E-state index is 12.7. The van der Waals surface area contributed by atoms with E-state index in [1.807, 2.05) is 44.2 Å². The minimum Gasteiger partial charge on any atom is -0.454 e. The van der Waals surface area contributed by atoms with Crippen molar-refractivity contribution >= 4 is 17.5 Å². The average molecular weight is 376 g/mol. The maximum Gasteiger partial charge on any atom is 0.274 e. The second-order valence-corrected chi connectivity index (χ2v) is 6.52. The molecule has 3 aromatic rings. The first-order valence-corrected chi connectivity index (χ1v) is 8.96. The van der Waals surface area contributed by atoms with Gasteiger partial charge in [0.1, 0.15) is 5.69 Å². The molecular formula is C21H20N4O3. The Bertz CT molecular complexity index is 1010. The molecular weight excluding hydrogens is 356 g/mol. The van der Waals surface area contributed by atoms with Gasteiger partial charge in [-0.3, -0.25) is 4.79 Å². The standard InChI is InChI=1S/C21H20N4O3/c1-13-10-17(20(26)24-16-8-9-18-19(11-16)28-12-27-18)25-21(22-13)23-14(2)15-6-4-3-5-7-15/h3-11,14H,12H2,1-2H3,(H,24,26)(H,22,23,25). The van der Waals surface area contributed by atoms with Crippen molar-refractivity contribution in [2.75, 3.05) is 17.4 Å². The molecule has 28 heavy (non-hydrogen) atoms. The normalized spacial score (nSPS) is 13.1. The van der Waals surface area contributed by atoms with Crippen molar-refractivity contribution in [3.8, 4) is 11.5 Å². The molecule has 2 heterocycles. The Morgan fingerprint density at radius 2 is 1.82 bits per heavy atom. The lowest BCUT2D eigenvalue weighted by Gasteiger charge is -2.15. The second kappa shape index (κ2) is 7.56. The Balaban J connectivity index is 1.50. The first-order chi connectivity index (χ1) is 13.6. The molecule has 0 radical (unpaired) electrons. The van der Waals surface area contributed by atoms with Gasteiger partial charge < -0.3 is 20.1 Å². The lowest BCUT2D eigenvalue weighted by Crippen LogP contribution is -2.17. The van der Waals surface area contributed by atoms with E-state index in [1.54, 1.807) is 24.3 Å². The molecule has 0 aliphatic carbocycles. The van der Waals surface area contributed by atoms with Crippen LogP contribution in [0, 0.1) is 6.92 Å². The molecule has 142 valence electrons. The number of carbonyl (C=O) groups excluding carboxylic acids is 1. The molecule has 1 amide bonds. The van der Waals surface area contributed by atoms with Crippen molar-refractivity contribution in [1.29, 1.82) is 0 Å². The molecule has 4 rings (SSSR count). The fourth-order valence-electron chi connectivity index (χ4n) is 2.94. The zero-order valence-electron chi connectivity index (χ0n) is 15.6. The number of aromatic nitrogens is 2. The monoisotopic (exact) mass is 376 g/mol. The molecule has 1 atom stereocenters. The van der Waals surface area contributed by atoms with E-state index in [-0.39, 0.29) is 24.4 Å². The summed E-state index contributed by atoms with van der Waals surface area (Å²) in [4.78, 5) is 21.4. The fraction of sp³-hybridized carbons (Fsp3) is 0.190. The number of rotatable bonds is 5. The number of benzene rings is 2. The Morgan fingerprint density at radius 3 is 2.64 bits per heavy atom. The van der Waals surface area contributed by atoms with E-state index < -0.39 is 0 Å². The largest absolute Gasteiger partial charge is 0.454 e. The molecule has 2 N–H and O–H groups in total. The van der Waals surface area contributed by atoms with Gasteiger partial charge in [0.05, 0.1) is 6.04 Å². The smallest absolute Gasteiger partial charge is 0.274 e. The van der Waals surface area contributed by atoms with Crippen molar-refractivity contribution in [3.05, 3.63) is 71.5 Å². The number of hydrogen-bond donors (Lipinski definition) is 2. The Hall–Kier alpha value is -3.61. The third kappa shape index (κ3) is 3.88. The van der Waals surface area contributed by atoms with Crippen molar-refractivity contribution < 1.29 is 14.3 Å². The highest BCUT2D eigenvalue weighted by Crippen LogP contribution is 2.34. The molecule has 0 fully saturated rings. The molecule has 2 aromatic carbocycles. The summed E-state index contributed by atoms with van der Waals surface area (Å²) in [7, 11) is 0.